The van der Waals surface area contributed by atoms with E-state index in [1.807, 2.05) is 6.92 Å². The molecule has 1 rings (SSSR count). The first-order chi connectivity index (χ1) is 7.20. The molecule has 0 unspecified atom stereocenters. The van der Waals surface area contributed by atoms with Crippen LogP contribution in [0.15, 0.2) is 0 Å². The van der Waals surface area contributed by atoms with Crippen molar-refractivity contribution in [1.29, 1.82) is 0 Å². The number of H-pyrrole nitrogens is 1. The summed E-state index contributed by atoms with van der Waals surface area (Å²) in [7, 11) is 0. The van der Waals surface area contributed by atoms with E-state index in [0.717, 1.165) is 18.5 Å². The highest BCUT2D eigenvalue weighted by molar-refractivity contribution is 5.97. The molecule has 0 aliphatic carbocycles. The van der Waals surface area contributed by atoms with Crippen molar-refractivity contribution in [2.75, 3.05) is 12.3 Å². The number of carbonyl (C=O) groups is 1. The van der Waals surface area contributed by atoms with Crippen molar-refractivity contribution >= 4 is 11.6 Å². The minimum atomic E-state index is -0.343. The Balaban J connectivity index is 2.78. The Morgan fingerprint density at radius 3 is 3.07 bits per heavy atom. The fraction of sp³-hybridized carbons (Fsp3) is 0.400. The summed E-state index contributed by atoms with van der Waals surface area (Å²) in [5.41, 5.74) is 7.18. The number of hydrogen-bond donors (Lipinski definition) is 3. The first-order valence-electron chi connectivity index (χ1n) is 4.75. The highest BCUT2D eigenvalue weighted by Crippen LogP contribution is 2.15. The Hall–Kier alpha value is -1.96. The fourth-order valence-electron chi connectivity index (χ4n) is 1.22. The third-order valence-corrected chi connectivity index (χ3v) is 1.95. The minimum absolute atomic E-state index is 0.175. The van der Waals surface area contributed by atoms with E-state index in [1.54, 1.807) is 0 Å². The van der Waals surface area contributed by atoms with Gasteiger partial charge in [0.15, 0.2) is 5.69 Å². The maximum absolute atomic E-state index is 11.5. The average Bonchev–Trinajstić information content (AvgIpc) is 2.58. The number of rotatable bonds is 4. The van der Waals surface area contributed by atoms with Gasteiger partial charge in [-0.25, -0.2) is 0 Å². The number of amides is 1. The van der Waals surface area contributed by atoms with Gasteiger partial charge in [0.05, 0.1) is 17.9 Å². The number of carbonyl (C=O) groups excluding carboxylic acids is 1. The third-order valence-electron chi connectivity index (χ3n) is 1.95. The average molecular weight is 206 g/mol. The molecule has 0 aliphatic heterocycles. The Kier molecular flexibility index (Phi) is 3.75. The number of nitrogens with one attached hydrogen (secondary N) is 2. The van der Waals surface area contributed by atoms with Crippen LogP contribution < -0.4 is 11.1 Å². The molecule has 0 spiro atoms. The van der Waals surface area contributed by atoms with E-state index < -0.39 is 0 Å². The zero-order valence-corrected chi connectivity index (χ0v) is 8.63. The molecular weight excluding hydrogens is 192 g/mol. The molecule has 1 aromatic heterocycles. The summed E-state index contributed by atoms with van der Waals surface area (Å²) in [4.78, 5) is 11.5. The van der Waals surface area contributed by atoms with E-state index in [9.17, 15) is 4.79 Å². The molecule has 5 heteroatoms. The summed E-state index contributed by atoms with van der Waals surface area (Å²) in [5, 5.41) is 9.11. The largest absolute Gasteiger partial charge is 0.395 e. The van der Waals surface area contributed by atoms with Gasteiger partial charge in [0.25, 0.3) is 5.91 Å². The number of anilines is 1. The number of aryl methyl sites for hydroxylation is 1. The smallest absolute Gasteiger partial charge is 0.274 e. The van der Waals surface area contributed by atoms with E-state index in [4.69, 9.17) is 12.2 Å². The van der Waals surface area contributed by atoms with E-state index in [-0.39, 0.29) is 18.1 Å². The lowest BCUT2D eigenvalue weighted by Gasteiger charge is -1.99. The maximum atomic E-state index is 11.5. The lowest BCUT2D eigenvalue weighted by Crippen LogP contribution is -2.24. The lowest BCUT2D eigenvalue weighted by molar-refractivity contribution is 0.0954. The topological polar surface area (TPSA) is 83.8 Å². The van der Waals surface area contributed by atoms with Crippen molar-refractivity contribution in [2.24, 2.45) is 0 Å². The van der Waals surface area contributed by atoms with Gasteiger partial charge in [-0.2, -0.15) is 5.10 Å². The molecule has 1 aromatic rings. The number of nitrogens with two attached hydrogens (primary N) is 1. The standard InChI is InChI=1S/C10H14N4O/c1-3-5-7-8(11)9(14-13-7)10(15)12-6-4-2/h2H,3,5-6,11H2,1H3,(H,12,15)(H,13,14). The minimum Gasteiger partial charge on any atom is -0.395 e. The molecular formula is C10H14N4O. The van der Waals surface area contributed by atoms with Crippen LogP contribution in [0.1, 0.15) is 29.5 Å². The SMILES string of the molecule is C#CCNC(=O)c1n[nH]c(CCC)c1N. The van der Waals surface area contributed by atoms with Crippen LogP contribution in [0.5, 0.6) is 0 Å². The molecule has 0 radical (unpaired) electrons. The van der Waals surface area contributed by atoms with Crippen LogP contribution in [0.25, 0.3) is 0 Å². The van der Waals surface area contributed by atoms with Gasteiger partial charge < -0.3 is 11.1 Å². The predicted molar refractivity (Wildman–Crippen MR) is 58.2 cm³/mol. The Morgan fingerprint density at radius 2 is 2.47 bits per heavy atom. The van der Waals surface area contributed by atoms with Gasteiger partial charge in [-0.15, -0.1) is 6.42 Å². The molecule has 1 heterocycles. The lowest BCUT2D eigenvalue weighted by atomic mass is 10.2. The van der Waals surface area contributed by atoms with Crippen LogP contribution in [0.2, 0.25) is 0 Å². The highest BCUT2D eigenvalue weighted by atomic mass is 16.1. The first kappa shape index (κ1) is 11.1. The number of aromatic amines is 1. The summed E-state index contributed by atoms with van der Waals surface area (Å²) < 4.78 is 0. The predicted octanol–water partition coefficient (Wildman–Crippen LogP) is 0.307. The van der Waals surface area contributed by atoms with Gasteiger partial charge in [-0.05, 0) is 6.42 Å². The van der Waals surface area contributed by atoms with Crippen molar-refractivity contribution in [3.63, 3.8) is 0 Å². The Labute approximate surface area is 88.4 Å². The Morgan fingerprint density at radius 1 is 1.73 bits per heavy atom. The van der Waals surface area contributed by atoms with Crippen LogP contribution in [0.4, 0.5) is 5.69 Å². The van der Waals surface area contributed by atoms with Crippen LogP contribution in [-0.4, -0.2) is 22.6 Å². The van der Waals surface area contributed by atoms with E-state index in [0.29, 0.717) is 5.69 Å². The highest BCUT2D eigenvalue weighted by Gasteiger charge is 2.15. The maximum Gasteiger partial charge on any atom is 0.274 e. The van der Waals surface area contributed by atoms with Gasteiger partial charge in [0.2, 0.25) is 0 Å². The monoisotopic (exact) mass is 206 g/mol. The molecule has 4 N–H and O–H groups in total. The van der Waals surface area contributed by atoms with Gasteiger partial charge in [0, 0.05) is 0 Å². The zero-order chi connectivity index (χ0) is 11.3. The number of terminal acetylenes is 1. The van der Waals surface area contributed by atoms with Crippen LogP contribution in [0.3, 0.4) is 0 Å². The molecule has 0 saturated carbocycles. The fourth-order valence-corrected chi connectivity index (χ4v) is 1.22. The van der Waals surface area contributed by atoms with Crippen molar-refractivity contribution in [3.05, 3.63) is 11.4 Å². The van der Waals surface area contributed by atoms with Gasteiger partial charge in [-0.3, -0.25) is 9.89 Å². The molecule has 1 amide bonds. The van der Waals surface area contributed by atoms with E-state index >= 15 is 0 Å². The first-order valence-corrected chi connectivity index (χ1v) is 4.75. The molecule has 0 atom stereocenters. The van der Waals surface area contributed by atoms with Crippen molar-refractivity contribution in [2.45, 2.75) is 19.8 Å². The zero-order valence-electron chi connectivity index (χ0n) is 8.63. The molecule has 0 bridgehead atoms. The molecule has 80 valence electrons. The summed E-state index contributed by atoms with van der Waals surface area (Å²) in [6.45, 7) is 2.20. The second-order valence-corrected chi connectivity index (χ2v) is 3.10. The third kappa shape index (κ3) is 2.50. The second-order valence-electron chi connectivity index (χ2n) is 3.10. The summed E-state index contributed by atoms with van der Waals surface area (Å²) in [6, 6.07) is 0. The Bertz CT molecular complexity index is 389. The second kappa shape index (κ2) is 5.05. The number of nitrogen functional groups attached to an aromatic ring is 1. The number of hydrogen-bond acceptors (Lipinski definition) is 3. The summed E-state index contributed by atoms with van der Waals surface area (Å²) in [6.07, 6.45) is 6.74. The summed E-state index contributed by atoms with van der Waals surface area (Å²) >= 11 is 0. The van der Waals surface area contributed by atoms with Gasteiger partial charge >= 0.3 is 0 Å². The van der Waals surface area contributed by atoms with E-state index in [2.05, 4.69) is 21.4 Å². The summed E-state index contributed by atoms with van der Waals surface area (Å²) in [5.74, 6) is 1.97. The quantitative estimate of drug-likeness (QED) is 0.620. The van der Waals surface area contributed by atoms with Crippen molar-refractivity contribution in [1.82, 2.24) is 15.5 Å². The molecule has 0 aromatic carbocycles. The van der Waals surface area contributed by atoms with E-state index in [1.165, 1.54) is 0 Å². The van der Waals surface area contributed by atoms with Crippen LogP contribution >= 0.6 is 0 Å². The molecule has 5 nitrogen and oxygen atoms in total. The van der Waals surface area contributed by atoms with Crippen LogP contribution in [-0.2, 0) is 6.42 Å². The molecule has 0 aliphatic rings. The van der Waals surface area contributed by atoms with Crippen LogP contribution in [0, 0.1) is 12.3 Å². The molecule has 0 saturated heterocycles. The normalized spacial score (nSPS) is 9.60. The number of nitrogens with zero attached hydrogens (tertiary/aromatic N) is 1. The van der Waals surface area contributed by atoms with Gasteiger partial charge in [0.1, 0.15) is 0 Å². The van der Waals surface area contributed by atoms with Crippen molar-refractivity contribution in [3.8, 4) is 12.3 Å². The number of aromatic nitrogens is 2. The van der Waals surface area contributed by atoms with Crippen molar-refractivity contribution < 1.29 is 4.79 Å². The molecule has 15 heavy (non-hydrogen) atoms. The van der Waals surface area contributed by atoms with Gasteiger partial charge in [-0.1, -0.05) is 19.3 Å². The molecule has 0 fully saturated rings.